The Morgan fingerprint density at radius 1 is 1.33 bits per heavy atom. The highest BCUT2D eigenvalue weighted by molar-refractivity contribution is 5.77. The number of rotatable bonds is 2. The van der Waals surface area contributed by atoms with Crippen LogP contribution in [0.3, 0.4) is 0 Å². The van der Waals surface area contributed by atoms with Gasteiger partial charge in [0.1, 0.15) is 5.60 Å². The van der Waals surface area contributed by atoms with Gasteiger partial charge in [-0.1, -0.05) is 12.8 Å². The van der Waals surface area contributed by atoms with Crippen molar-refractivity contribution in [2.45, 2.75) is 65.0 Å². The van der Waals surface area contributed by atoms with Crippen LogP contribution in [0.1, 0.15) is 53.4 Å². The summed E-state index contributed by atoms with van der Waals surface area (Å²) in [5.41, 5.74) is -1.46. The minimum absolute atomic E-state index is 0.362. The molecule has 0 aromatic rings. The Morgan fingerprint density at radius 3 is 2.44 bits per heavy atom. The number of aliphatic carboxylic acids is 1. The van der Waals surface area contributed by atoms with Crippen LogP contribution >= 0.6 is 0 Å². The highest BCUT2D eigenvalue weighted by Crippen LogP contribution is 2.36. The van der Waals surface area contributed by atoms with E-state index in [1.165, 1.54) is 0 Å². The van der Waals surface area contributed by atoms with Crippen molar-refractivity contribution >= 4 is 12.1 Å². The zero-order valence-electron chi connectivity index (χ0n) is 11.6. The molecule has 1 rings (SSSR count). The van der Waals surface area contributed by atoms with E-state index in [4.69, 9.17) is 4.74 Å². The van der Waals surface area contributed by atoms with Crippen LogP contribution in [0.5, 0.6) is 0 Å². The average molecular weight is 257 g/mol. The lowest BCUT2D eigenvalue weighted by Crippen LogP contribution is -2.53. The first-order valence-corrected chi connectivity index (χ1v) is 6.38. The Kier molecular flexibility index (Phi) is 4.24. The molecule has 1 aliphatic rings. The van der Waals surface area contributed by atoms with Gasteiger partial charge in [0.2, 0.25) is 0 Å². The van der Waals surface area contributed by atoms with Crippen molar-refractivity contribution in [2.24, 2.45) is 5.41 Å². The summed E-state index contributed by atoms with van der Waals surface area (Å²) >= 11 is 0. The molecule has 104 valence electrons. The summed E-state index contributed by atoms with van der Waals surface area (Å²) in [6, 6.07) is -0.362. The molecule has 2 atom stereocenters. The van der Waals surface area contributed by atoms with E-state index in [1.807, 2.05) is 0 Å². The first kappa shape index (κ1) is 14.8. The second-order valence-corrected chi connectivity index (χ2v) is 6.17. The molecule has 18 heavy (non-hydrogen) atoms. The molecule has 0 saturated heterocycles. The van der Waals surface area contributed by atoms with Crippen molar-refractivity contribution in [1.29, 1.82) is 0 Å². The summed E-state index contributed by atoms with van der Waals surface area (Å²) in [6.45, 7) is 7.04. The Bertz CT molecular complexity index is 334. The number of carboxylic acids is 1. The summed E-state index contributed by atoms with van der Waals surface area (Å²) in [6.07, 6.45) is 2.55. The third kappa shape index (κ3) is 3.62. The van der Waals surface area contributed by atoms with Gasteiger partial charge in [-0.2, -0.15) is 0 Å². The minimum Gasteiger partial charge on any atom is -0.481 e. The minimum atomic E-state index is -0.894. The van der Waals surface area contributed by atoms with Crippen LogP contribution in [-0.4, -0.2) is 28.8 Å². The van der Waals surface area contributed by atoms with Gasteiger partial charge in [-0.3, -0.25) is 4.79 Å². The molecule has 0 aromatic heterocycles. The van der Waals surface area contributed by atoms with Gasteiger partial charge in [0.05, 0.1) is 5.41 Å². The zero-order valence-corrected chi connectivity index (χ0v) is 11.6. The molecule has 0 bridgehead atoms. The lowest BCUT2D eigenvalue weighted by atomic mass is 9.72. The number of amides is 1. The Hall–Kier alpha value is -1.26. The number of carboxylic acid groups (broad SMARTS) is 1. The Balaban J connectivity index is 2.69. The molecule has 5 nitrogen and oxygen atoms in total. The monoisotopic (exact) mass is 257 g/mol. The Morgan fingerprint density at radius 2 is 1.94 bits per heavy atom. The van der Waals surface area contributed by atoms with Crippen LogP contribution in [0, 0.1) is 5.41 Å². The molecule has 0 spiro atoms. The fourth-order valence-electron chi connectivity index (χ4n) is 2.27. The second-order valence-electron chi connectivity index (χ2n) is 6.17. The molecule has 1 aliphatic carbocycles. The fraction of sp³-hybridized carbons (Fsp3) is 0.846. The predicted octanol–water partition coefficient (Wildman–Crippen LogP) is 2.54. The van der Waals surface area contributed by atoms with Crippen molar-refractivity contribution < 1.29 is 19.4 Å². The van der Waals surface area contributed by atoms with Crippen molar-refractivity contribution in [3.05, 3.63) is 0 Å². The summed E-state index contributed by atoms with van der Waals surface area (Å²) in [5.74, 6) is -0.858. The van der Waals surface area contributed by atoms with Crippen molar-refractivity contribution in [3.8, 4) is 0 Å². The largest absolute Gasteiger partial charge is 0.481 e. The first-order chi connectivity index (χ1) is 8.15. The van der Waals surface area contributed by atoms with E-state index in [9.17, 15) is 14.7 Å². The molecule has 1 amide bonds. The lowest BCUT2D eigenvalue weighted by Gasteiger charge is -2.38. The number of hydrogen-bond acceptors (Lipinski definition) is 3. The average Bonchev–Trinajstić information content (AvgIpc) is 2.18. The van der Waals surface area contributed by atoms with Crippen LogP contribution in [0.25, 0.3) is 0 Å². The predicted molar refractivity (Wildman–Crippen MR) is 67.4 cm³/mol. The molecule has 1 fully saturated rings. The molecule has 0 aromatic carbocycles. The molecule has 1 saturated carbocycles. The summed E-state index contributed by atoms with van der Waals surface area (Å²) in [5, 5.41) is 12.0. The molecular weight excluding hydrogens is 234 g/mol. The molecule has 5 heteroatoms. The van der Waals surface area contributed by atoms with Gasteiger partial charge in [-0.15, -0.1) is 0 Å². The van der Waals surface area contributed by atoms with E-state index in [2.05, 4.69) is 5.32 Å². The van der Waals surface area contributed by atoms with Crippen LogP contribution in [0.15, 0.2) is 0 Å². The van der Waals surface area contributed by atoms with Gasteiger partial charge in [-0.25, -0.2) is 4.79 Å². The smallest absolute Gasteiger partial charge is 0.407 e. The first-order valence-electron chi connectivity index (χ1n) is 6.38. The van der Waals surface area contributed by atoms with E-state index >= 15 is 0 Å². The van der Waals surface area contributed by atoms with Crippen LogP contribution in [-0.2, 0) is 9.53 Å². The van der Waals surface area contributed by atoms with Gasteiger partial charge in [0, 0.05) is 6.04 Å². The van der Waals surface area contributed by atoms with Crippen molar-refractivity contribution in [3.63, 3.8) is 0 Å². The second kappa shape index (κ2) is 5.16. The van der Waals surface area contributed by atoms with E-state index in [1.54, 1.807) is 27.7 Å². The van der Waals surface area contributed by atoms with E-state index in [0.717, 1.165) is 12.8 Å². The van der Waals surface area contributed by atoms with Gasteiger partial charge in [-0.05, 0) is 40.5 Å². The maximum Gasteiger partial charge on any atom is 0.407 e. The van der Waals surface area contributed by atoms with Crippen LogP contribution in [0.4, 0.5) is 4.79 Å². The van der Waals surface area contributed by atoms with E-state index in [-0.39, 0.29) is 6.04 Å². The van der Waals surface area contributed by atoms with E-state index < -0.39 is 23.1 Å². The molecule has 2 N–H and O–H groups in total. The molecule has 0 aliphatic heterocycles. The Labute approximate surface area is 108 Å². The zero-order chi connectivity index (χ0) is 14.0. The van der Waals surface area contributed by atoms with Crippen molar-refractivity contribution in [1.82, 2.24) is 5.32 Å². The third-order valence-corrected chi connectivity index (χ3v) is 3.39. The molecule has 0 heterocycles. The highest BCUT2D eigenvalue weighted by Gasteiger charge is 2.44. The number of carbonyl (C=O) groups is 2. The summed E-state index contributed by atoms with van der Waals surface area (Å²) in [7, 11) is 0. The van der Waals surface area contributed by atoms with Gasteiger partial charge < -0.3 is 15.2 Å². The highest BCUT2D eigenvalue weighted by atomic mass is 16.6. The quantitative estimate of drug-likeness (QED) is 0.797. The molecule has 0 unspecified atom stereocenters. The number of carbonyl (C=O) groups excluding carboxylic acids is 1. The number of alkyl carbamates (subject to hydrolysis) is 1. The maximum absolute atomic E-state index is 11.7. The van der Waals surface area contributed by atoms with Gasteiger partial charge in [0.15, 0.2) is 0 Å². The third-order valence-electron chi connectivity index (χ3n) is 3.39. The standard InChI is InChI=1S/C13H23NO4/c1-12(2,3)18-11(17)14-9-7-5-6-8-13(9,4)10(15)16/h9H,5-8H2,1-4H3,(H,14,17)(H,15,16)/t9-,13-/m1/s1. The summed E-state index contributed by atoms with van der Waals surface area (Å²) < 4.78 is 5.17. The van der Waals surface area contributed by atoms with Gasteiger partial charge in [0.25, 0.3) is 0 Å². The topological polar surface area (TPSA) is 75.6 Å². The van der Waals surface area contributed by atoms with E-state index in [0.29, 0.717) is 12.8 Å². The van der Waals surface area contributed by atoms with Crippen LogP contribution < -0.4 is 5.32 Å². The molecular formula is C13H23NO4. The number of ether oxygens (including phenoxy) is 1. The maximum atomic E-state index is 11.7. The number of nitrogens with one attached hydrogen (secondary N) is 1. The lowest BCUT2D eigenvalue weighted by molar-refractivity contribution is -0.151. The summed E-state index contributed by atoms with van der Waals surface area (Å²) in [4.78, 5) is 23.1. The van der Waals surface area contributed by atoms with Crippen LogP contribution in [0.2, 0.25) is 0 Å². The fourth-order valence-corrected chi connectivity index (χ4v) is 2.27. The SMILES string of the molecule is CC(C)(C)OC(=O)N[C@@H]1CCCC[C@@]1(C)C(=O)O. The normalized spacial score (nSPS) is 28.6. The number of hydrogen-bond donors (Lipinski definition) is 2. The van der Waals surface area contributed by atoms with Crippen molar-refractivity contribution in [2.75, 3.05) is 0 Å². The van der Waals surface area contributed by atoms with Gasteiger partial charge >= 0.3 is 12.1 Å². The molecule has 0 radical (unpaired) electrons.